The number of benzene rings is 4. The van der Waals surface area contributed by atoms with Crippen molar-refractivity contribution in [1.82, 2.24) is 0 Å². The van der Waals surface area contributed by atoms with E-state index in [1.165, 1.54) is 27.8 Å². The van der Waals surface area contributed by atoms with Gasteiger partial charge in [-0.2, -0.15) is 0 Å². The van der Waals surface area contributed by atoms with Crippen LogP contribution in [0.15, 0.2) is 78.9 Å². The van der Waals surface area contributed by atoms with E-state index in [1.54, 1.807) is 24.3 Å². The Labute approximate surface area is 288 Å². The first-order chi connectivity index (χ1) is 22.7. The van der Waals surface area contributed by atoms with Gasteiger partial charge in [-0.1, -0.05) is 89.2 Å². The fraction of sp³-hybridized carbons (Fsp3) is 0.409. The molecule has 0 aromatic heterocycles. The maximum absolute atomic E-state index is 13.3. The Morgan fingerprint density at radius 1 is 0.562 bits per heavy atom. The largest absolute Gasteiger partial charge is 0.456 e. The second-order valence-corrected chi connectivity index (χ2v) is 14.2. The molecule has 0 heterocycles. The average molecular weight is 647 g/mol. The van der Waals surface area contributed by atoms with Crippen molar-refractivity contribution in [2.24, 2.45) is 0 Å². The highest BCUT2D eigenvalue weighted by molar-refractivity contribution is 5.94. The van der Waals surface area contributed by atoms with Gasteiger partial charge in [-0.05, 0) is 141 Å². The van der Waals surface area contributed by atoms with Crippen molar-refractivity contribution in [3.8, 4) is 5.75 Å². The Bertz CT molecular complexity index is 1710. The molecule has 4 aromatic carbocycles. The van der Waals surface area contributed by atoms with Crippen LogP contribution in [0.4, 0.5) is 0 Å². The number of hydrogen-bond donors (Lipinski definition) is 0. The molecule has 4 heteroatoms. The highest BCUT2D eigenvalue weighted by Gasteiger charge is 2.35. The number of ether oxygens (including phenoxy) is 2. The maximum Gasteiger partial charge on any atom is 0.343 e. The van der Waals surface area contributed by atoms with Gasteiger partial charge in [0.05, 0.1) is 11.1 Å². The van der Waals surface area contributed by atoms with Gasteiger partial charge in [0.25, 0.3) is 0 Å². The zero-order valence-corrected chi connectivity index (χ0v) is 31.0. The third-order valence-corrected chi connectivity index (χ3v) is 11.0. The minimum absolute atomic E-state index is 0.129. The van der Waals surface area contributed by atoms with E-state index in [0.29, 0.717) is 16.9 Å². The first-order valence-electron chi connectivity index (χ1n) is 17.5. The van der Waals surface area contributed by atoms with Gasteiger partial charge in [-0.25, -0.2) is 9.59 Å². The van der Waals surface area contributed by atoms with E-state index in [9.17, 15) is 9.59 Å². The molecule has 0 spiro atoms. The first-order valence-corrected chi connectivity index (χ1v) is 17.5. The van der Waals surface area contributed by atoms with Crippen LogP contribution in [0.3, 0.4) is 0 Å². The van der Waals surface area contributed by atoms with Gasteiger partial charge in [0.2, 0.25) is 0 Å². The van der Waals surface area contributed by atoms with Crippen molar-refractivity contribution in [3.63, 3.8) is 0 Å². The van der Waals surface area contributed by atoms with E-state index in [4.69, 9.17) is 9.47 Å². The van der Waals surface area contributed by atoms with Crippen molar-refractivity contribution < 1.29 is 19.1 Å². The minimum atomic E-state index is -0.515. The quantitative estimate of drug-likeness (QED) is 0.0873. The predicted octanol–water partition coefficient (Wildman–Crippen LogP) is 11.3. The molecule has 0 aliphatic carbocycles. The highest BCUT2D eigenvalue weighted by Crippen LogP contribution is 2.44. The number of aryl methyl sites for hydroxylation is 4. The number of rotatable bonds is 12. The Hall–Kier alpha value is -4.18. The molecule has 0 saturated carbocycles. The molecule has 0 bridgehead atoms. The van der Waals surface area contributed by atoms with E-state index >= 15 is 0 Å². The highest BCUT2D eigenvalue weighted by atomic mass is 16.6. The third-order valence-electron chi connectivity index (χ3n) is 11.0. The molecule has 48 heavy (non-hydrogen) atoms. The number of carbonyl (C=O) groups excluding carboxylic acids is 2. The molecule has 1 unspecified atom stereocenters. The lowest BCUT2D eigenvalue weighted by Gasteiger charge is -2.36. The summed E-state index contributed by atoms with van der Waals surface area (Å²) in [6.07, 6.45) is 3.63. The summed E-state index contributed by atoms with van der Waals surface area (Å²) in [7, 11) is 0. The molecule has 0 aliphatic rings. The molecular formula is C44H54O4. The fourth-order valence-corrected chi connectivity index (χ4v) is 7.05. The lowest BCUT2D eigenvalue weighted by atomic mass is 9.67. The molecule has 0 amide bonds. The van der Waals surface area contributed by atoms with Crippen LogP contribution in [0.2, 0.25) is 0 Å². The van der Waals surface area contributed by atoms with Crippen molar-refractivity contribution in [2.45, 2.75) is 118 Å². The Morgan fingerprint density at radius 3 is 1.44 bits per heavy atom. The maximum atomic E-state index is 13.3. The Balaban J connectivity index is 1.70. The van der Waals surface area contributed by atoms with E-state index in [1.807, 2.05) is 34.6 Å². The van der Waals surface area contributed by atoms with Crippen LogP contribution in [0.25, 0.3) is 0 Å². The van der Waals surface area contributed by atoms with Crippen LogP contribution >= 0.6 is 0 Å². The summed E-state index contributed by atoms with van der Waals surface area (Å²) in [5.41, 5.74) is 9.38. The van der Waals surface area contributed by atoms with Crippen LogP contribution in [0.1, 0.15) is 139 Å². The summed E-state index contributed by atoms with van der Waals surface area (Å²) in [6, 6.07) is 26.2. The molecule has 1 atom stereocenters. The Morgan fingerprint density at radius 2 is 1.00 bits per heavy atom. The van der Waals surface area contributed by atoms with Crippen LogP contribution in [-0.2, 0) is 15.6 Å². The summed E-state index contributed by atoms with van der Waals surface area (Å²) < 4.78 is 11.8. The predicted molar refractivity (Wildman–Crippen MR) is 198 cm³/mol. The van der Waals surface area contributed by atoms with E-state index < -0.39 is 23.0 Å². The van der Waals surface area contributed by atoms with Crippen LogP contribution in [-0.4, -0.2) is 17.5 Å². The SMILES string of the molecule is CCC(C)(CC)OC(=O)c1ccc(C(=O)Oc2c(C)cc(C(C)(c3ccccc3)c3cc(C)c(C(C)(CC)CC)c(C)c3)cc2C)cc1. The standard InChI is InChI=1S/C44H54O4/c1-12-42(9,13-2)38-29(5)25-36(26-30(38)6)44(11,35-19-17-16-18-20-35)37-27-31(7)39(32(8)28-37)47-40(45)33-21-23-34(24-22-33)41(46)48-43(10,14-3)15-4/h16-28H,12-15H2,1-11H3. The average Bonchev–Trinajstić information content (AvgIpc) is 3.09. The van der Waals surface area contributed by atoms with Gasteiger partial charge in [0, 0.05) is 5.41 Å². The molecule has 0 saturated heterocycles. The van der Waals surface area contributed by atoms with Crippen molar-refractivity contribution >= 4 is 11.9 Å². The number of esters is 2. The summed E-state index contributed by atoms with van der Waals surface area (Å²) in [5.74, 6) is -0.313. The van der Waals surface area contributed by atoms with Gasteiger partial charge in [-0.3, -0.25) is 0 Å². The van der Waals surface area contributed by atoms with Gasteiger partial charge >= 0.3 is 11.9 Å². The van der Waals surface area contributed by atoms with Gasteiger partial charge in [-0.15, -0.1) is 0 Å². The molecule has 0 N–H and O–H groups in total. The molecule has 4 nitrogen and oxygen atoms in total. The summed E-state index contributed by atoms with van der Waals surface area (Å²) in [4.78, 5) is 26.1. The zero-order valence-electron chi connectivity index (χ0n) is 31.0. The fourth-order valence-electron chi connectivity index (χ4n) is 7.05. The van der Waals surface area contributed by atoms with Crippen LogP contribution in [0.5, 0.6) is 5.75 Å². The van der Waals surface area contributed by atoms with Crippen molar-refractivity contribution in [3.05, 3.63) is 134 Å². The van der Waals surface area contributed by atoms with Gasteiger partial charge in [0.1, 0.15) is 11.4 Å². The monoisotopic (exact) mass is 646 g/mol. The van der Waals surface area contributed by atoms with Crippen molar-refractivity contribution in [2.75, 3.05) is 0 Å². The normalized spacial score (nSPS) is 13.1. The van der Waals surface area contributed by atoms with E-state index in [2.05, 4.69) is 96.1 Å². The Kier molecular flexibility index (Phi) is 11.1. The topological polar surface area (TPSA) is 52.6 Å². The smallest absolute Gasteiger partial charge is 0.343 e. The summed E-state index contributed by atoms with van der Waals surface area (Å²) >= 11 is 0. The molecule has 0 radical (unpaired) electrons. The molecule has 4 aromatic rings. The molecule has 0 fully saturated rings. The summed E-state index contributed by atoms with van der Waals surface area (Å²) in [6.45, 7) is 23.7. The third kappa shape index (κ3) is 7.14. The molecular weight excluding hydrogens is 592 g/mol. The second kappa shape index (κ2) is 14.5. The molecule has 4 rings (SSSR count). The minimum Gasteiger partial charge on any atom is -0.456 e. The van der Waals surface area contributed by atoms with E-state index in [-0.39, 0.29) is 5.41 Å². The van der Waals surface area contributed by atoms with Gasteiger partial charge in [0.15, 0.2) is 0 Å². The van der Waals surface area contributed by atoms with E-state index in [0.717, 1.165) is 42.4 Å². The van der Waals surface area contributed by atoms with Gasteiger partial charge < -0.3 is 9.47 Å². The second-order valence-electron chi connectivity index (χ2n) is 14.2. The number of carbonyl (C=O) groups is 2. The number of hydrogen-bond acceptors (Lipinski definition) is 4. The van der Waals surface area contributed by atoms with Crippen LogP contribution in [0, 0.1) is 27.7 Å². The lowest BCUT2D eigenvalue weighted by molar-refractivity contribution is -0.0131. The lowest BCUT2D eigenvalue weighted by Crippen LogP contribution is -2.30. The first kappa shape index (κ1) is 36.7. The van der Waals surface area contributed by atoms with Crippen molar-refractivity contribution in [1.29, 1.82) is 0 Å². The van der Waals surface area contributed by atoms with Crippen LogP contribution < -0.4 is 4.74 Å². The molecule has 0 aliphatic heterocycles. The zero-order chi connectivity index (χ0) is 35.4. The summed E-state index contributed by atoms with van der Waals surface area (Å²) in [5, 5.41) is 0. The molecule has 254 valence electrons.